The quantitative estimate of drug-likeness (QED) is 0.549. The Hall–Kier alpha value is -3.31. The molecule has 4 fully saturated rings. The van der Waals surface area contributed by atoms with Crippen molar-refractivity contribution in [1.29, 1.82) is 0 Å². The van der Waals surface area contributed by atoms with E-state index in [9.17, 15) is 9.59 Å². The SMILES string of the molecule is O=C1NCCC12C(=O)N(C1CCCC1)c1nc(Nc3ccc(N4CCC(N5CCOCC5)CC4)c(F)c3)ncc12. The summed E-state index contributed by atoms with van der Waals surface area (Å²) in [5, 5.41) is 5.97. The molecule has 1 unspecified atom stereocenters. The van der Waals surface area contributed by atoms with Crippen molar-refractivity contribution in [2.45, 2.75) is 62.4 Å². The number of rotatable bonds is 5. The monoisotopic (exact) mass is 549 g/mol. The molecule has 1 aromatic carbocycles. The number of carbonyl (C=O) groups is 2. The average Bonchev–Trinajstić information content (AvgIpc) is 3.69. The first-order valence-corrected chi connectivity index (χ1v) is 14.7. The van der Waals surface area contributed by atoms with Crippen LogP contribution in [-0.4, -0.2) is 84.7 Å². The van der Waals surface area contributed by atoms with Gasteiger partial charge in [0.2, 0.25) is 17.8 Å². The highest BCUT2D eigenvalue weighted by Crippen LogP contribution is 2.47. The Bertz CT molecular complexity index is 1300. The number of amides is 2. The summed E-state index contributed by atoms with van der Waals surface area (Å²) in [6.07, 6.45) is 7.93. The molecule has 0 bridgehead atoms. The second-order valence-electron chi connectivity index (χ2n) is 11.6. The maximum absolute atomic E-state index is 15.3. The molecule has 1 atom stereocenters. The third-order valence-corrected chi connectivity index (χ3v) is 9.47. The highest BCUT2D eigenvalue weighted by molar-refractivity contribution is 6.22. The van der Waals surface area contributed by atoms with Gasteiger partial charge in [-0.1, -0.05) is 12.8 Å². The van der Waals surface area contributed by atoms with Crippen LogP contribution in [0.1, 0.15) is 50.5 Å². The van der Waals surface area contributed by atoms with Crippen LogP contribution in [0.15, 0.2) is 24.4 Å². The summed E-state index contributed by atoms with van der Waals surface area (Å²) < 4.78 is 20.8. The lowest BCUT2D eigenvalue weighted by Crippen LogP contribution is -2.49. The standard InChI is InChI=1S/C29H36FN7O3/c30-23-17-19(5-6-24(23)36-11-7-20(8-12-36)35-13-15-40-16-14-35)33-28-32-18-22-25(34-28)37(21-3-1-2-4-21)27(39)29(22)9-10-31-26(29)38/h5-6,17-18,20-21H,1-4,7-16H2,(H,31,38)(H,32,33,34). The summed E-state index contributed by atoms with van der Waals surface area (Å²) in [4.78, 5) is 42.2. The van der Waals surface area contributed by atoms with Crippen LogP contribution in [0, 0.1) is 5.82 Å². The first kappa shape index (κ1) is 25.6. The lowest BCUT2D eigenvalue weighted by Gasteiger charge is -2.40. The van der Waals surface area contributed by atoms with Gasteiger partial charge < -0.3 is 20.3 Å². The minimum Gasteiger partial charge on any atom is -0.379 e. The van der Waals surface area contributed by atoms with E-state index >= 15 is 4.39 Å². The summed E-state index contributed by atoms with van der Waals surface area (Å²) in [5.74, 6) is 0.0364. The van der Waals surface area contributed by atoms with Crippen LogP contribution in [0.3, 0.4) is 0 Å². The normalized spacial score (nSPS) is 26.1. The number of morpholine rings is 1. The van der Waals surface area contributed by atoms with Crippen LogP contribution in [0.5, 0.6) is 0 Å². The number of benzene rings is 1. The molecule has 1 saturated carbocycles. The van der Waals surface area contributed by atoms with Crippen LogP contribution >= 0.6 is 0 Å². The molecule has 212 valence electrons. The van der Waals surface area contributed by atoms with Crippen molar-refractivity contribution in [1.82, 2.24) is 20.2 Å². The fourth-order valence-corrected chi connectivity index (χ4v) is 7.31. The molecule has 5 aliphatic rings. The molecule has 3 saturated heterocycles. The Morgan fingerprint density at radius 3 is 2.50 bits per heavy atom. The second-order valence-corrected chi connectivity index (χ2v) is 11.6. The predicted octanol–water partition coefficient (Wildman–Crippen LogP) is 2.71. The van der Waals surface area contributed by atoms with Crippen LogP contribution in [0.2, 0.25) is 0 Å². The van der Waals surface area contributed by atoms with Gasteiger partial charge in [-0.3, -0.25) is 19.4 Å². The van der Waals surface area contributed by atoms with Gasteiger partial charge in [0, 0.05) is 62.3 Å². The highest BCUT2D eigenvalue weighted by atomic mass is 19.1. The average molecular weight is 550 g/mol. The largest absolute Gasteiger partial charge is 0.379 e. The number of anilines is 4. The molecule has 11 heteroatoms. The van der Waals surface area contributed by atoms with Crippen LogP contribution in [-0.2, 0) is 19.7 Å². The Labute approximate surface area is 233 Å². The lowest BCUT2D eigenvalue weighted by molar-refractivity contribution is -0.133. The van der Waals surface area contributed by atoms with Gasteiger partial charge >= 0.3 is 0 Å². The summed E-state index contributed by atoms with van der Waals surface area (Å²) in [6, 6.07) is 5.70. The van der Waals surface area contributed by atoms with Crippen LogP contribution in [0.4, 0.5) is 27.5 Å². The molecule has 2 N–H and O–H groups in total. The summed E-state index contributed by atoms with van der Waals surface area (Å²) in [6.45, 7) is 5.64. The van der Waals surface area contributed by atoms with Crippen LogP contribution in [0.25, 0.3) is 0 Å². The molecule has 2 amide bonds. The Morgan fingerprint density at radius 2 is 1.80 bits per heavy atom. The van der Waals surface area contributed by atoms with Crippen molar-refractivity contribution in [3.63, 3.8) is 0 Å². The molecule has 7 rings (SSSR count). The minimum absolute atomic E-state index is 0.0332. The number of fused-ring (bicyclic) bond motifs is 2. The zero-order valence-electron chi connectivity index (χ0n) is 22.7. The van der Waals surface area contributed by atoms with Crippen molar-refractivity contribution in [2.75, 3.05) is 61.1 Å². The fraction of sp³-hybridized carbons (Fsp3) is 0.586. The molecule has 4 aliphatic heterocycles. The Kier molecular flexibility index (Phi) is 6.58. The summed E-state index contributed by atoms with van der Waals surface area (Å²) in [7, 11) is 0. The first-order chi connectivity index (χ1) is 19.5. The second kappa shape index (κ2) is 10.3. The third-order valence-electron chi connectivity index (χ3n) is 9.47. The van der Waals surface area contributed by atoms with Crippen molar-refractivity contribution < 1.29 is 18.7 Å². The summed E-state index contributed by atoms with van der Waals surface area (Å²) in [5.41, 5.74) is 0.480. The number of aromatic nitrogens is 2. The van der Waals surface area contributed by atoms with Gasteiger partial charge in [0.25, 0.3) is 0 Å². The fourth-order valence-electron chi connectivity index (χ4n) is 7.31. The summed E-state index contributed by atoms with van der Waals surface area (Å²) >= 11 is 0. The highest BCUT2D eigenvalue weighted by Gasteiger charge is 2.60. The van der Waals surface area contributed by atoms with Gasteiger partial charge in [-0.25, -0.2) is 9.37 Å². The van der Waals surface area contributed by atoms with E-state index in [1.165, 1.54) is 6.07 Å². The van der Waals surface area contributed by atoms with E-state index in [0.717, 1.165) is 77.9 Å². The maximum Gasteiger partial charge on any atom is 0.248 e. The van der Waals surface area contributed by atoms with Gasteiger partial charge in [-0.05, 0) is 50.3 Å². The van der Waals surface area contributed by atoms with E-state index in [4.69, 9.17) is 9.72 Å². The van der Waals surface area contributed by atoms with Crippen molar-refractivity contribution >= 4 is 35.0 Å². The molecule has 0 radical (unpaired) electrons. The van der Waals surface area contributed by atoms with Gasteiger partial charge in [-0.15, -0.1) is 0 Å². The maximum atomic E-state index is 15.3. The molecule has 5 heterocycles. The van der Waals surface area contributed by atoms with E-state index in [0.29, 0.717) is 41.8 Å². The van der Waals surface area contributed by atoms with E-state index in [2.05, 4.69) is 25.4 Å². The lowest BCUT2D eigenvalue weighted by atomic mass is 9.81. The van der Waals surface area contributed by atoms with Crippen molar-refractivity contribution in [3.05, 3.63) is 35.8 Å². The minimum atomic E-state index is -1.24. The molecule has 1 aromatic heterocycles. The van der Waals surface area contributed by atoms with Crippen molar-refractivity contribution in [2.24, 2.45) is 0 Å². The number of nitrogens with zero attached hydrogens (tertiary/aromatic N) is 5. The van der Waals surface area contributed by atoms with Crippen LogP contribution < -0.4 is 20.4 Å². The van der Waals surface area contributed by atoms with Gasteiger partial charge in [-0.2, -0.15) is 4.98 Å². The zero-order valence-corrected chi connectivity index (χ0v) is 22.7. The third kappa shape index (κ3) is 4.21. The molecular weight excluding hydrogens is 513 g/mol. The molecule has 1 spiro atoms. The number of hydrogen-bond acceptors (Lipinski definition) is 8. The van der Waals surface area contributed by atoms with Gasteiger partial charge in [0.05, 0.1) is 18.9 Å². The topological polar surface area (TPSA) is 103 Å². The molecule has 2 aromatic rings. The molecule has 10 nitrogen and oxygen atoms in total. The molecule has 1 aliphatic carbocycles. The van der Waals surface area contributed by atoms with Gasteiger partial charge in [0.15, 0.2) is 5.41 Å². The van der Waals surface area contributed by atoms with E-state index in [1.54, 1.807) is 11.1 Å². The Morgan fingerprint density at radius 1 is 1.02 bits per heavy atom. The van der Waals surface area contributed by atoms with Crippen molar-refractivity contribution in [3.8, 4) is 0 Å². The molecule has 40 heavy (non-hydrogen) atoms. The molecular formula is C29H36FN7O3. The first-order valence-electron chi connectivity index (χ1n) is 14.7. The number of halogens is 1. The zero-order chi connectivity index (χ0) is 27.3. The van der Waals surface area contributed by atoms with E-state index in [-0.39, 0.29) is 29.6 Å². The Balaban J connectivity index is 1.09. The number of hydrogen-bond donors (Lipinski definition) is 2. The van der Waals surface area contributed by atoms with E-state index in [1.807, 2.05) is 12.1 Å². The smallest absolute Gasteiger partial charge is 0.248 e. The predicted molar refractivity (Wildman–Crippen MR) is 148 cm³/mol. The van der Waals surface area contributed by atoms with E-state index < -0.39 is 5.41 Å². The number of carbonyl (C=O) groups excluding carboxylic acids is 2. The van der Waals surface area contributed by atoms with Gasteiger partial charge in [0.1, 0.15) is 11.6 Å². The number of ether oxygens (including phenoxy) is 1. The number of piperidine rings is 1. The number of nitrogens with one attached hydrogen (secondary N) is 2.